The van der Waals surface area contributed by atoms with E-state index in [1.165, 1.54) is 18.3 Å². The summed E-state index contributed by atoms with van der Waals surface area (Å²) in [7, 11) is 0. The minimum Gasteiger partial charge on any atom is -0.487 e. The Balaban J connectivity index is 1.66. The van der Waals surface area contributed by atoms with Crippen LogP contribution in [0.4, 0.5) is 13.2 Å². The number of rotatable bonds is 6. The van der Waals surface area contributed by atoms with Crippen molar-refractivity contribution in [2.45, 2.75) is 32.7 Å². The maximum atomic E-state index is 12.5. The molecule has 10 heteroatoms. The Bertz CT molecular complexity index is 973. The van der Waals surface area contributed by atoms with Gasteiger partial charge < -0.3 is 14.6 Å². The van der Waals surface area contributed by atoms with E-state index in [1.54, 1.807) is 25.3 Å². The first-order chi connectivity index (χ1) is 13.8. The molecule has 1 atom stereocenters. The third kappa shape index (κ3) is 4.89. The summed E-state index contributed by atoms with van der Waals surface area (Å²) in [6.45, 7) is 2.71. The van der Waals surface area contributed by atoms with Gasteiger partial charge in [-0.15, -0.1) is 0 Å². The molecule has 0 saturated heterocycles. The minimum absolute atomic E-state index is 0.111. The van der Waals surface area contributed by atoms with Crippen molar-refractivity contribution in [3.63, 3.8) is 0 Å². The maximum Gasteiger partial charge on any atom is 0.408 e. The minimum atomic E-state index is -4.53. The van der Waals surface area contributed by atoms with Crippen molar-refractivity contribution in [1.82, 2.24) is 20.4 Å². The second kappa shape index (κ2) is 8.29. The molecule has 0 aliphatic rings. The lowest BCUT2D eigenvalue weighted by Gasteiger charge is -2.16. The van der Waals surface area contributed by atoms with E-state index in [1.807, 2.05) is 11.4 Å². The van der Waals surface area contributed by atoms with Gasteiger partial charge in [-0.1, -0.05) is 11.2 Å². The first-order valence-corrected chi connectivity index (χ1v) is 8.58. The molecule has 1 N–H and O–H groups in total. The number of carbonyl (C=O) groups is 1. The van der Waals surface area contributed by atoms with Crippen LogP contribution >= 0.6 is 0 Å². The molecule has 1 unspecified atom stereocenters. The molecule has 0 aromatic carbocycles. The summed E-state index contributed by atoms with van der Waals surface area (Å²) < 4.78 is 48.5. The molecule has 3 rings (SSSR count). The fraction of sp³-hybridized carbons (Fsp3) is 0.263. The molecule has 3 aromatic rings. The van der Waals surface area contributed by atoms with E-state index in [9.17, 15) is 18.0 Å². The fourth-order valence-electron chi connectivity index (χ4n) is 2.37. The van der Waals surface area contributed by atoms with Gasteiger partial charge in [0.15, 0.2) is 0 Å². The number of carbonyl (C=O) groups excluding carboxylic acids is 1. The largest absolute Gasteiger partial charge is 0.487 e. The van der Waals surface area contributed by atoms with Crippen molar-refractivity contribution in [3.8, 4) is 17.1 Å². The van der Waals surface area contributed by atoms with Crippen LogP contribution < -0.4 is 10.1 Å². The number of amides is 1. The van der Waals surface area contributed by atoms with Crippen molar-refractivity contribution in [1.29, 1.82) is 0 Å². The van der Waals surface area contributed by atoms with Crippen LogP contribution in [0, 0.1) is 6.92 Å². The van der Waals surface area contributed by atoms with E-state index in [0.29, 0.717) is 28.5 Å². The van der Waals surface area contributed by atoms with Crippen molar-refractivity contribution < 1.29 is 27.2 Å². The molecule has 0 aliphatic carbocycles. The zero-order chi connectivity index (χ0) is 21.0. The molecule has 1 amide bonds. The number of alkyl halides is 3. The number of aromatic nitrogens is 3. The van der Waals surface area contributed by atoms with Crippen LogP contribution in [0.5, 0.6) is 5.75 Å². The number of halogens is 3. The van der Waals surface area contributed by atoms with E-state index in [0.717, 1.165) is 6.92 Å². The Kier molecular flexibility index (Phi) is 5.81. The normalized spacial score (nSPS) is 12.4. The number of aryl methyl sites for hydroxylation is 1. The van der Waals surface area contributed by atoms with Gasteiger partial charge in [-0.3, -0.25) is 9.78 Å². The summed E-state index contributed by atoms with van der Waals surface area (Å²) in [5.74, 6) is -0.0255. The van der Waals surface area contributed by atoms with Gasteiger partial charge in [0.2, 0.25) is 0 Å². The molecule has 7 nitrogen and oxygen atoms in total. The summed E-state index contributed by atoms with van der Waals surface area (Å²) in [4.78, 5) is 20.0. The third-order valence-electron chi connectivity index (χ3n) is 4.08. The summed E-state index contributed by atoms with van der Waals surface area (Å²) in [5, 5.41) is 5.85. The highest BCUT2D eigenvalue weighted by Gasteiger charge is 2.37. The Hall–Kier alpha value is -3.43. The van der Waals surface area contributed by atoms with Crippen LogP contribution in [0.25, 0.3) is 11.4 Å². The molecule has 0 spiro atoms. The van der Waals surface area contributed by atoms with E-state index in [-0.39, 0.29) is 12.3 Å². The molecule has 0 saturated carbocycles. The van der Waals surface area contributed by atoms with Crippen molar-refractivity contribution in [2.24, 2.45) is 0 Å². The highest BCUT2D eigenvalue weighted by atomic mass is 19.4. The van der Waals surface area contributed by atoms with Gasteiger partial charge in [0.05, 0.1) is 17.5 Å². The van der Waals surface area contributed by atoms with Gasteiger partial charge in [-0.25, -0.2) is 4.98 Å². The lowest BCUT2D eigenvalue weighted by atomic mass is 10.1. The fourth-order valence-corrected chi connectivity index (χ4v) is 2.37. The van der Waals surface area contributed by atoms with Crippen LogP contribution in [-0.2, 0) is 6.61 Å². The van der Waals surface area contributed by atoms with Crippen LogP contribution in [-0.4, -0.2) is 33.2 Å². The number of pyridine rings is 2. The smallest absolute Gasteiger partial charge is 0.408 e. The predicted octanol–water partition coefficient (Wildman–Crippen LogP) is 3.70. The van der Waals surface area contributed by atoms with Gasteiger partial charge in [0.1, 0.15) is 35.5 Å². The molecule has 3 heterocycles. The molecule has 29 heavy (non-hydrogen) atoms. The van der Waals surface area contributed by atoms with Gasteiger partial charge in [-0.2, -0.15) is 13.2 Å². The number of nitrogens with zero attached hydrogens (tertiary/aromatic N) is 3. The molecule has 0 aliphatic heterocycles. The van der Waals surface area contributed by atoms with Gasteiger partial charge in [0.25, 0.3) is 5.91 Å². The lowest BCUT2D eigenvalue weighted by Crippen LogP contribution is -2.43. The highest BCUT2D eigenvalue weighted by Crippen LogP contribution is 2.25. The summed E-state index contributed by atoms with van der Waals surface area (Å²) in [6, 6.07) is 6.15. The third-order valence-corrected chi connectivity index (χ3v) is 4.08. The zero-order valence-corrected chi connectivity index (χ0v) is 15.5. The van der Waals surface area contributed by atoms with Gasteiger partial charge in [-0.05, 0) is 38.1 Å². The zero-order valence-electron chi connectivity index (χ0n) is 15.5. The number of hydrogen-bond donors (Lipinski definition) is 1. The van der Waals surface area contributed by atoms with Crippen molar-refractivity contribution in [2.75, 3.05) is 0 Å². The molecule has 0 fully saturated rings. The Morgan fingerprint density at radius 2 is 2.03 bits per heavy atom. The molecule has 152 valence electrons. The number of hydrogen-bond acceptors (Lipinski definition) is 6. The molecular formula is C19H17F3N4O3. The standard InChI is InChI=1S/C19H17F3N4O3/c1-11-14(17(26-29-11)15-5-3-4-8-23-15)10-28-13-6-7-16(24-9-13)18(27)25-12(2)19(20,21)22/h3-9,12H,10H2,1-2H3,(H,25,27). The van der Waals surface area contributed by atoms with E-state index in [2.05, 4.69) is 15.1 Å². The van der Waals surface area contributed by atoms with E-state index >= 15 is 0 Å². The Morgan fingerprint density at radius 1 is 1.24 bits per heavy atom. The average Bonchev–Trinajstić information content (AvgIpc) is 3.07. The molecule has 0 radical (unpaired) electrons. The van der Waals surface area contributed by atoms with Gasteiger partial charge >= 0.3 is 6.18 Å². The lowest BCUT2D eigenvalue weighted by molar-refractivity contribution is -0.149. The number of nitrogens with one attached hydrogen (secondary N) is 1. The maximum absolute atomic E-state index is 12.5. The van der Waals surface area contributed by atoms with Gasteiger partial charge in [0, 0.05) is 6.20 Å². The number of ether oxygens (including phenoxy) is 1. The van der Waals surface area contributed by atoms with Crippen LogP contribution in [0.3, 0.4) is 0 Å². The van der Waals surface area contributed by atoms with Crippen molar-refractivity contribution in [3.05, 3.63) is 59.7 Å². The Labute approximate surface area is 163 Å². The second-order valence-electron chi connectivity index (χ2n) is 6.19. The molecular weight excluding hydrogens is 389 g/mol. The first kappa shape index (κ1) is 20.3. The topological polar surface area (TPSA) is 90.1 Å². The SMILES string of the molecule is Cc1onc(-c2ccccn2)c1COc1ccc(C(=O)NC(C)C(F)(F)F)nc1. The van der Waals surface area contributed by atoms with Crippen molar-refractivity contribution >= 4 is 5.91 Å². The first-order valence-electron chi connectivity index (χ1n) is 8.58. The molecule has 0 bridgehead atoms. The monoisotopic (exact) mass is 406 g/mol. The van der Waals surface area contributed by atoms with Crippen LogP contribution in [0.1, 0.15) is 28.7 Å². The summed E-state index contributed by atoms with van der Waals surface area (Å²) in [6.07, 6.45) is -1.63. The summed E-state index contributed by atoms with van der Waals surface area (Å²) in [5.41, 5.74) is 1.73. The van der Waals surface area contributed by atoms with Crippen LogP contribution in [0.15, 0.2) is 47.2 Å². The van der Waals surface area contributed by atoms with E-state index < -0.39 is 18.1 Å². The van der Waals surface area contributed by atoms with E-state index in [4.69, 9.17) is 9.26 Å². The predicted molar refractivity (Wildman–Crippen MR) is 96.0 cm³/mol. The summed E-state index contributed by atoms with van der Waals surface area (Å²) >= 11 is 0. The quantitative estimate of drug-likeness (QED) is 0.671. The average molecular weight is 406 g/mol. The molecule has 3 aromatic heterocycles. The highest BCUT2D eigenvalue weighted by molar-refractivity contribution is 5.92. The van der Waals surface area contributed by atoms with Crippen LogP contribution in [0.2, 0.25) is 0 Å². The Morgan fingerprint density at radius 3 is 2.66 bits per heavy atom. The second-order valence-corrected chi connectivity index (χ2v) is 6.19.